The van der Waals surface area contributed by atoms with E-state index in [1.165, 1.54) is 38.5 Å². The first-order valence-electron chi connectivity index (χ1n) is 6.47. The molecule has 1 saturated carbocycles. The Morgan fingerprint density at radius 2 is 1.79 bits per heavy atom. The largest absolute Gasteiger partial charge is 0.314 e. The predicted octanol–water partition coefficient (Wildman–Crippen LogP) is 3.59. The summed E-state index contributed by atoms with van der Waals surface area (Å²) in [6.45, 7) is 8.01. The van der Waals surface area contributed by atoms with Crippen LogP contribution in [0.2, 0.25) is 0 Å². The van der Waals surface area contributed by atoms with E-state index in [4.69, 9.17) is 0 Å². The number of nitrogens with one attached hydrogen (secondary N) is 1. The topological polar surface area (TPSA) is 12.0 Å². The van der Waals surface area contributed by atoms with Crippen molar-refractivity contribution in [3.8, 4) is 0 Å². The minimum absolute atomic E-state index is 0.840. The molecule has 1 atom stereocenters. The summed E-state index contributed by atoms with van der Waals surface area (Å²) in [4.78, 5) is 0. The zero-order valence-electron chi connectivity index (χ0n) is 10.2. The molecule has 1 rings (SSSR count). The third kappa shape index (κ3) is 4.99. The van der Waals surface area contributed by atoms with Crippen molar-refractivity contribution in [2.45, 2.75) is 65.3 Å². The molecule has 1 unspecified atom stereocenters. The predicted molar refractivity (Wildman–Crippen MR) is 63.5 cm³/mol. The molecule has 1 fully saturated rings. The first-order chi connectivity index (χ1) is 6.74. The maximum Gasteiger partial charge on any atom is 0.00952 e. The van der Waals surface area contributed by atoms with Crippen molar-refractivity contribution in [2.24, 2.45) is 11.8 Å². The number of hydrogen-bond donors (Lipinski definition) is 1. The first-order valence-corrected chi connectivity index (χ1v) is 6.47. The molecule has 1 aliphatic rings. The van der Waals surface area contributed by atoms with Gasteiger partial charge in [0.1, 0.15) is 0 Å². The molecule has 0 aliphatic heterocycles. The minimum atomic E-state index is 0.840. The second-order valence-corrected chi connectivity index (χ2v) is 5.18. The van der Waals surface area contributed by atoms with E-state index in [2.05, 4.69) is 26.1 Å². The SMILES string of the molecule is CCNC(CCCCC(C)C)C1CC1. The molecule has 84 valence electrons. The molecule has 0 aromatic carbocycles. The van der Waals surface area contributed by atoms with Crippen molar-refractivity contribution in [1.29, 1.82) is 0 Å². The average molecular weight is 197 g/mol. The average Bonchev–Trinajstić information content (AvgIpc) is 2.93. The molecule has 1 aliphatic carbocycles. The molecule has 1 heteroatoms. The molecule has 0 heterocycles. The highest BCUT2D eigenvalue weighted by molar-refractivity contribution is 4.85. The lowest BCUT2D eigenvalue weighted by atomic mass is 10.0. The van der Waals surface area contributed by atoms with Crippen LogP contribution >= 0.6 is 0 Å². The van der Waals surface area contributed by atoms with E-state index in [1.807, 2.05) is 0 Å². The Balaban J connectivity index is 2.01. The van der Waals surface area contributed by atoms with Crippen molar-refractivity contribution in [3.63, 3.8) is 0 Å². The standard InChI is InChI=1S/C13H27N/c1-4-14-13(12-9-10-12)8-6-5-7-11(2)3/h11-14H,4-10H2,1-3H3. The second kappa shape index (κ2) is 6.44. The van der Waals surface area contributed by atoms with E-state index in [0.29, 0.717) is 0 Å². The summed E-state index contributed by atoms with van der Waals surface area (Å²) in [6, 6.07) is 0.840. The molecule has 0 amide bonds. The maximum absolute atomic E-state index is 3.63. The van der Waals surface area contributed by atoms with Gasteiger partial charge in [0.2, 0.25) is 0 Å². The van der Waals surface area contributed by atoms with Gasteiger partial charge in [-0.15, -0.1) is 0 Å². The fourth-order valence-corrected chi connectivity index (χ4v) is 2.18. The van der Waals surface area contributed by atoms with Crippen LogP contribution < -0.4 is 5.32 Å². The Morgan fingerprint density at radius 3 is 2.29 bits per heavy atom. The van der Waals surface area contributed by atoms with Crippen molar-refractivity contribution in [2.75, 3.05) is 6.54 Å². The van der Waals surface area contributed by atoms with Gasteiger partial charge < -0.3 is 5.32 Å². The van der Waals surface area contributed by atoms with Gasteiger partial charge in [-0.25, -0.2) is 0 Å². The van der Waals surface area contributed by atoms with E-state index >= 15 is 0 Å². The second-order valence-electron chi connectivity index (χ2n) is 5.18. The molecule has 14 heavy (non-hydrogen) atoms. The molecule has 1 nitrogen and oxygen atoms in total. The third-order valence-electron chi connectivity index (χ3n) is 3.20. The highest BCUT2D eigenvalue weighted by atomic mass is 14.9. The Hall–Kier alpha value is -0.0400. The van der Waals surface area contributed by atoms with Crippen LogP contribution in [0.4, 0.5) is 0 Å². The molecule has 0 spiro atoms. The Bertz CT molecular complexity index is 138. The Labute approximate surface area is 89.7 Å². The van der Waals surface area contributed by atoms with E-state index in [1.54, 1.807) is 0 Å². The summed E-state index contributed by atoms with van der Waals surface area (Å²) in [6.07, 6.45) is 8.61. The molecule has 0 radical (unpaired) electrons. The molecule has 0 aromatic rings. The molecule has 0 aromatic heterocycles. The van der Waals surface area contributed by atoms with Gasteiger partial charge in [-0.3, -0.25) is 0 Å². The van der Waals surface area contributed by atoms with Crippen LogP contribution in [0.25, 0.3) is 0 Å². The van der Waals surface area contributed by atoms with Crippen LogP contribution in [-0.4, -0.2) is 12.6 Å². The maximum atomic E-state index is 3.63. The van der Waals surface area contributed by atoms with Gasteiger partial charge in [-0.1, -0.05) is 40.0 Å². The van der Waals surface area contributed by atoms with Crippen LogP contribution in [-0.2, 0) is 0 Å². The van der Waals surface area contributed by atoms with Crippen LogP contribution in [0.3, 0.4) is 0 Å². The lowest BCUT2D eigenvalue weighted by molar-refractivity contribution is 0.415. The monoisotopic (exact) mass is 197 g/mol. The quantitative estimate of drug-likeness (QED) is 0.586. The molecule has 1 N–H and O–H groups in total. The number of unbranched alkanes of at least 4 members (excludes halogenated alkanes) is 1. The van der Waals surface area contributed by atoms with Gasteiger partial charge in [0.05, 0.1) is 0 Å². The van der Waals surface area contributed by atoms with E-state index in [0.717, 1.165) is 24.4 Å². The summed E-state index contributed by atoms with van der Waals surface area (Å²) in [5, 5.41) is 3.63. The van der Waals surface area contributed by atoms with Crippen LogP contribution in [0.5, 0.6) is 0 Å². The Morgan fingerprint density at radius 1 is 1.14 bits per heavy atom. The van der Waals surface area contributed by atoms with Crippen LogP contribution in [0.15, 0.2) is 0 Å². The van der Waals surface area contributed by atoms with E-state index in [9.17, 15) is 0 Å². The van der Waals surface area contributed by atoms with Gasteiger partial charge in [-0.2, -0.15) is 0 Å². The van der Waals surface area contributed by atoms with Crippen molar-refractivity contribution < 1.29 is 0 Å². The number of rotatable bonds is 8. The summed E-state index contributed by atoms with van der Waals surface area (Å²) >= 11 is 0. The van der Waals surface area contributed by atoms with Gasteiger partial charge >= 0.3 is 0 Å². The fourth-order valence-electron chi connectivity index (χ4n) is 2.18. The van der Waals surface area contributed by atoms with E-state index in [-0.39, 0.29) is 0 Å². The van der Waals surface area contributed by atoms with Gasteiger partial charge in [0, 0.05) is 6.04 Å². The lowest BCUT2D eigenvalue weighted by Crippen LogP contribution is -2.30. The molecular formula is C13H27N. The van der Waals surface area contributed by atoms with Gasteiger partial charge in [0.25, 0.3) is 0 Å². The normalized spacial score (nSPS) is 18.9. The van der Waals surface area contributed by atoms with Crippen molar-refractivity contribution >= 4 is 0 Å². The summed E-state index contributed by atoms with van der Waals surface area (Å²) in [5.41, 5.74) is 0. The highest BCUT2D eigenvalue weighted by Gasteiger charge is 2.29. The Kier molecular flexibility index (Phi) is 5.54. The minimum Gasteiger partial charge on any atom is -0.314 e. The van der Waals surface area contributed by atoms with Crippen molar-refractivity contribution in [1.82, 2.24) is 5.32 Å². The fraction of sp³-hybridized carbons (Fsp3) is 1.00. The van der Waals surface area contributed by atoms with Gasteiger partial charge in [0.15, 0.2) is 0 Å². The smallest absolute Gasteiger partial charge is 0.00952 e. The molecular weight excluding hydrogens is 170 g/mol. The number of hydrogen-bond acceptors (Lipinski definition) is 1. The molecule has 0 saturated heterocycles. The lowest BCUT2D eigenvalue weighted by Gasteiger charge is -2.17. The van der Waals surface area contributed by atoms with E-state index < -0.39 is 0 Å². The van der Waals surface area contributed by atoms with Gasteiger partial charge in [-0.05, 0) is 37.6 Å². The summed E-state index contributed by atoms with van der Waals surface area (Å²) in [7, 11) is 0. The third-order valence-corrected chi connectivity index (χ3v) is 3.20. The first kappa shape index (κ1) is 12.0. The summed E-state index contributed by atoms with van der Waals surface area (Å²) < 4.78 is 0. The zero-order valence-corrected chi connectivity index (χ0v) is 10.2. The van der Waals surface area contributed by atoms with Crippen molar-refractivity contribution in [3.05, 3.63) is 0 Å². The van der Waals surface area contributed by atoms with Crippen LogP contribution in [0, 0.1) is 11.8 Å². The zero-order chi connectivity index (χ0) is 10.4. The summed E-state index contributed by atoms with van der Waals surface area (Å²) in [5.74, 6) is 1.91. The molecule has 0 bridgehead atoms. The van der Waals surface area contributed by atoms with Crippen LogP contribution in [0.1, 0.15) is 59.3 Å². The highest BCUT2D eigenvalue weighted by Crippen LogP contribution is 2.34.